The van der Waals surface area contributed by atoms with Gasteiger partial charge in [-0.25, -0.2) is 0 Å². The number of hydrogen-bond donors (Lipinski definition) is 0. The van der Waals surface area contributed by atoms with Crippen molar-refractivity contribution in [3.63, 3.8) is 0 Å². The Morgan fingerprint density at radius 2 is 1.65 bits per heavy atom. The van der Waals surface area contributed by atoms with Crippen LogP contribution in [0.15, 0.2) is 0 Å². The van der Waals surface area contributed by atoms with Crippen molar-refractivity contribution in [2.75, 3.05) is 19.6 Å². The van der Waals surface area contributed by atoms with Gasteiger partial charge in [0.05, 0.1) is 0 Å². The van der Waals surface area contributed by atoms with Crippen LogP contribution in [0.2, 0.25) is 0 Å². The number of Topliss-reactive ketones (excluding diaryl/α,β-unsaturated/α-hetero) is 1. The predicted molar refractivity (Wildman–Crippen MR) is 77.4 cm³/mol. The largest absolute Gasteiger partial charge is 0.343 e. The van der Waals surface area contributed by atoms with Crippen molar-refractivity contribution in [3.8, 4) is 0 Å². The Kier molecular flexibility index (Phi) is 4.39. The summed E-state index contributed by atoms with van der Waals surface area (Å²) < 4.78 is 0. The monoisotopic (exact) mass is 278 g/mol. The first-order valence-corrected chi connectivity index (χ1v) is 8.29. The molecular formula is C16H26N2O2. The quantitative estimate of drug-likeness (QED) is 0.792. The second-order valence-corrected chi connectivity index (χ2v) is 6.61. The number of likely N-dealkylation sites (tertiary alicyclic amines) is 1. The number of amides is 1. The molecule has 4 heteroatoms. The first-order valence-electron chi connectivity index (χ1n) is 8.29. The molecule has 4 nitrogen and oxygen atoms in total. The SMILES string of the molecule is O=C1CC2CCCC(C1)N2CCC(=O)N1CCCCC1. The van der Waals surface area contributed by atoms with Crippen LogP contribution in [0.1, 0.15) is 57.8 Å². The van der Waals surface area contributed by atoms with Crippen molar-refractivity contribution in [2.45, 2.75) is 69.9 Å². The standard InChI is InChI=1S/C16H26N2O2/c19-15-11-13-5-4-6-14(12-15)18(13)10-7-16(20)17-8-2-1-3-9-17/h13-14H,1-12H2. The summed E-state index contributed by atoms with van der Waals surface area (Å²) in [6, 6.07) is 0.841. The Morgan fingerprint density at radius 3 is 2.30 bits per heavy atom. The van der Waals surface area contributed by atoms with E-state index in [1.165, 1.54) is 12.8 Å². The van der Waals surface area contributed by atoms with Gasteiger partial charge in [-0.3, -0.25) is 14.5 Å². The molecule has 3 rings (SSSR count). The van der Waals surface area contributed by atoms with Crippen LogP contribution in [0.3, 0.4) is 0 Å². The van der Waals surface area contributed by atoms with Crippen molar-refractivity contribution >= 4 is 11.7 Å². The van der Waals surface area contributed by atoms with Gasteiger partial charge >= 0.3 is 0 Å². The number of ketones is 1. The van der Waals surface area contributed by atoms with Gasteiger partial charge in [-0.1, -0.05) is 6.42 Å². The highest BCUT2D eigenvalue weighted by Gasteiger charge is 2.37. The summed E-state index contributed by atoms with van der Waals surface area (Å²) >= 11 is 0. The maximum atomic E-state index is 12.3. The number of carbonyl (C=O) groups excluding carboxylic acids is 2. The number of hydrogen-bond acceptors (Lipinski definition) is 3. The highest BCUT2D eigenvalue weighted by Crippen LogP contribution is 2.32. The lowest BCUT2D eigenvalue weighted by Crippen LogP contribution is -2.53. The number of carbonyl (C=O) groups is 2. The van der Waals surface area contributed by atoms with E-state index >= 15 is 0 Å². The second-order valence-electron chi connectivity index (χ2n) is 6.61. The van der Waals surface area contributed by atoms with E-state index in [1.807, 2.05) is 4.90 Å². The molecule has 0 radical (unpaired) electrons. The average Bonchev–Trinajstić information content (AvgIpc) is 2.45. The van der Waals surface area contributed by atoms with Gasteiger partial charge in [0, 0.05) is 51.0 Å². The van der Waals surface area contributed by atoms with Gasteiger partial charge in [0.2, 0.25) is 5.91 Å². The normalized spacial score (nSPS) is 31.4. The molecule has 0 saturated carbocycles. The average molecular weight is 278 g/mol. The van der Waals surface area contributed by atoms with Gasteiger partial charge in [0.1, 0.15) is 5.78 Å². The summed E-state index contributed by atoms with van der Waals surface area (Å²) in [6.45, 7) is 2.76. The Balaban J connectivity index is 1.52. The number of rotatable bonds is 3. The first-order chi connectivity index (χ1) is 9.74. The molecule has 20 heavy (non-hydrogen) atoms. The molecule has 3 aliphatic heterocycles. The van der Waals surface area contributed by atoms with Crippen LogP contribution in [0.5, 0.6) is 0 Å². The number of fused-ring (bicyclic) bond motifs is 2. The molecular weight excluding hydrogens is 252 g/mol. The van der Waals surface area contributed by atoms with Crippen molar-refractivity contribution in [3.05, 3.63) is 0 Å². The van der Waals surface area contributed by atoms with Crippen molar-refractivity contribution < 1.29 is 9.59 Å². The minimum Gasteiger partial charge on any atom is -0.343 e. The zero-order valence-corrected chi connectivity index (χ0v) is 12.4. The molecule has 3 saturated heterocycles. The topological polar surface area (TPSA) is 40.6 Å². The smallest absolute Gasteiger partial charge is 0.223 e. The van der Waals surface area contributed by atoms with Crippen molar-refractivity contribution in [1.82, 2.24) is 9.80 Å². The molecule has 2 bridgehead atoms. The number of piperidine rings is 3. The fraction of sp³-hybridized carbons (Fsp3) is 0.875. The molecule has 0 N–H and O–H groups in total. The van der Waals surface area contributed by atoms with E-state index in [0.29, 0.717) is 43.0 Å². The molecule has 0 aromatic carbocycles. The van der Waals surface area contributed by atoms with E-state index in [1.54, 1.807) is 0 Å². The maximum absolute atomic E-state index is 12.3. The van der Waals surface area contributed by atoms with E-state index in [4.69, 9.17) is 0 Å². The van der Waals surface area contributed by atoms with Crippen LogP contribution in [0, 0.1) is 0 Å². The van der Waals surface area contributed by atoms with Crippen LogP contribution in [-0.4, -0.2) is 53.2 Å². The molecule has 3 heterocycles. The van der Waals surface area contributed by atoms with Gasteiger partial charge in [-0.15, -0.1) is 0 Å². The lowest BCUT2D eigenvalue weighted by molar-refractivity contribution is -0.133. The van der Waals surface area contributed by atoms with Crippen LogP contribution >= 0.6 is 0 Å². The van der Waals surface area contributed by atoms with E-state index in [0.717, 1.165) is 45.3 Å². The fourth-order valence-corrected chi connectivity index (χ4v) is 4.16. The molecule has 112 valence electrons. The highest BCUT2D eigenvalue weighted by atomic mass is 16.2. The third-order valence-corrected chi connectivity index (χ3v) is 5.23. The first kappa shape index (κ1) is 14.1. The van der Waals surface area contributed by atoms with Crippen LogP contribution < -0.4 is 0 Å². The van der Waals surface area contributed by atoms with Crippen LogP contribution in [0.25, 0.3) is 0 Å². The van der Waals surface area contributed by atoms with Gasteiger partial charge in [0.15, 0.2) is 0 Å². The molecule has 0 aromatic heterocycles. The molecule has 2 atom stereocenters. The molecule has 0 spiro atoms. The van der Waals surface area contributed by atoms with Gasteiger partial charge < -0.3 is 4.90 Å². The van der Waals surface area contributed by atoms with E-state index in [9.17, 15) is 9.59 Å². The molecule has 3 aliphatic rings. The Hall–Kier alpha value is -0.900. The maximum Gasteiger partial charge on any atom is 0.223 e. The van der Waals surface area contributed by atoms with Gasteiger partial charge in [-0.05, 0) is 32.1 Å². The summed E-state index contributed by atoms with van der Waals surface area (Å²) in [4.78, 5) is 28.5. The molecule has 0 aliphatic carbocycles. The summed E-state index contributed by atoms with van der Waals surface area (Å²) in [6.07, 6.45) is 9.19. The number of nitrogens with zero attached hydrogens (tertiary/aromatic N) is 2. The minimum atomic E-state index is 0.319. The lowest BCUT2D eigenvalue weighted by atomic mass is 9.83. The molecule has 0 aromatic rings. The zero-order chi connectivity index (χ0) is 13.9. The van der Waals surface area contributed by atoms with Crippen LogP contribution in [-0.2, 0) is 9.59 Å². The van der Waals surface area contributed by atoms with E-state index < -0.39 is 0 Å². The van der Waals surface area contributed by atoms with Crippen LogP contribution in [0.4, 0.5) is 0 Å². The summed E-state index contributed by atoms with van der Waals surface area (Å²) in [7, 11) is 0. The third kappa shape index (κ3) is 3.05. The minimum absolute atomic E-state index is 0.319. The third-order valence-electron chi connectivity index (χ3n) is 5.23. The summed E-state index contributed by atoms with van der Waals surface area (Å²) in [5.41, 5.74) is 0. The fourth-order valence-electron chi connectivity index (χ4n) is 4.16. The zero-order valence-electron chi connectivity index (χ0n) is 12.4. The lowest BCUT2D eigenvalue weighted by Gasteiger charge is -2.45. The second kappa shape index (κ2) is 6.25. The Morgan fingerprint density at radius 1 is 1.00 bits per heavy atom. The molecule has 3 fully saturated rings. The summed E-state index contributed by atoms with van der Waals surface area (Å²) in [5, 5.41) is 0. The van der Waals surface area contributed by atoms with Crippen molar-refractivity contribution in [2.24, 2.45) is 0 Å². The molecule has 1 amide bonds. The van der Waals surface area contributed by atoms with Crippen molar-refractivity contribution in [1.29, 1.82) is 0 Å². The highest BCUT2D eigenvalue weighted by molar-refractivity contribution is 5.81. The molecule has 2 unspecified atom stereocenters. The van der Waals surface area contributed by atoms with Gasteiger partial charge in [-0.2, -0.15) is 0 Å². The van der Waals surface area contributed by atoms with E-state index in [2.05, 4.69) is 4.90 Å². The van der Waals surface area contributed by atoms with Gasteiger partial charge in [0.25, 0.3) is 0 Å². The summed E-state index contributed by atoms with van der Waals surface area (Å²) in [5.74, 6) is 0.748. The predicted octanol–water partition coefficient (Wildman–Crippen LogP) is 1.97. The van der Waals surface area contributed by atoms with E-state index in [-0.39, 0.29) is 0 Å². The Labute approximate surface area is 121 Å². The Bertz CT molecular complexity index is 361.